The van der Waals surface area contributed by atoms with Crippen LogP contribution in [0.25, 0.3) is 0 Å². The van der Waals surface area contributed by atoms with Crippen LogP contribution < -0.4 is 14.2 Å². The van der Waals surface area contributed by atoms with Crippen LogP contribution in [0.5, 0.6) is 17.2 Å². The third-order valence-corrected chi connectivity index (χ3v) is 3.16. The van der Waals surface area contributed by atoms with Crippen molar-refractivity contribution >= 4 is 5.91 Å². The molecule has 0 spiro atoms. The maximum absolute atomic E-state index is 11.5. The summed E-state index contributed by atoms with van der Waals surface area (Å²) in [7, 11) is 3.18. The van der Waals surface area contributed by atoms with Gasteiger partial charge in [0.1, 0.15) is 6.61 Å². The maximum Gasteiger partial charge on any atom is 0.222 e. The number of rotatable bonds is 6. The number of likely N-dealkylation sites (tertiary alicyclic amines) is 1. The van der Waals surface area contributed by atoms with E-state index in [-0.39, 0.29) is 5.91 Å². The first-order valence-electron chi connectivity index (χ1n) is 6.38. The summed E-state index contributed by atoms with van der Waals surface area (Å²) in [6.45, 7) is 1.85. The molecular weight excluding hydrogens is 246 g/mol. The van der Waals surface area contributed by atoms with E-state index in [1.165, 1.54) is 0 Å². The zero-order valence-corrected chi connectivity index (χ0v) is 11.3. The zero-order valence-electron chi connectivity index (χ0n) is 11.3. The van der Waals surface area contributed by atoms with E-state index < -0.39 is 0 Å². The molecule has 5 nitrogen and oxygen atoms in total. The van der Waals surface area contributed by atoms with Gasteiger partial charge in [-0.05, 0) is 18.6 Å². The lowest BCUT2D eigenvalue weighted by molar-refractivity contribution is -0.128. The molecule has 1 amide bonds. The van der Waals surface area contributed by atoms with Gasteiger partial charge in [-0.2, -0.15) is 0 Å². The highest BCUT2D eigenvalue weighted by atomic mass is 16.5. The van der Waals surface area contributed by atoms with Gasteiger partial charge in [0.2, 0.25) is 11.7 Å². The number of hydrogen-bond acceptors (Lipinski definition) is 4. The summed E-state index contributed by atoms with van der Waals surface area (Å²) in [5, 5.41) is 0. The Labute approximate surface area is 113 Å². The molecule has 0 bridgehead atoms. The molecule has 0 radical (unpaired) electrons. The molecule has 1 fully saturated rings. The molecule has 5 heteroatoms. The first kappa shape index (κ1) is 13.5. The van der Waals surface area contributed by atoms with Crippen LogP contribution in [0.2, 0.25) is 0 Å². The SMILES string of the molecule is COc1cccc(OC)c1OCCN1CCCC1=O. The van der Waals surface area contributed by atoms with Crippen molar-refractivity contribution in [1.29, 1.82) is 0 Å². The molecule has 1 saturated heterocycles. The van der Waals surface area contributed by atoms with Gasteiger partial charge in [-0.1, -0.05) is 6.07 Å². The average Bonchev–Trinajstić information content (AvgIpc) is 2.84. The van der Waals surface area contributed by atoms with Crippen molar-refractivity contribution in [3.8, 4) is 17.2 Å². The van der Waals surface area contributed by atoms with Crippen LogP contribution in [0.15, 0.2) is 18.2 Å². The second-order valence-electron chi connectivity index (χ2n) is 4.32. The van der Waals surface area contributed by atoms with Crippen molar-refractivity contribution in [2.75, 3.05) is 33.9 Å². The standard InChI is InChI=1S/C14H19NO4/c1-17-11-5-3-6-12(18-2)14(11)19-10-9-15-8-4-7-13(15)16/h3,5-6H,4,7-10H2,1-2H3. The highest BCUT2D eigenvalue weighted by Crippen LogP contribution is 2.36. The third kappa shape index (κ3) is 3.10. The molecule has 0 saturated carbocycles. The molecule has 1 aromatic rings. The van der Waals surface area contributed by atoms with Gasteiger partial charge in [0.05, 0.1) is 20.8 Å². The van der Waals surface area contributed by atoms with Gasteiger partial charge < -0.3 is 19.1 Å². The van der Waals surface area contributed by atoms with E-state index >= 15 is 0 Å². The van der Waals surface area contributed by atoms with Gasteiger partial charge in [-0.3, -0.25) is 4.79 Å². The van der Waals surface area contributed by atoms with Crippen LogP contribution in [-0.4, -0.2) is 44.7 Å². The predicted molar refractivity (Wildman–Crippen MR) is 70.9 cm³/mol. The molecule has 0 aliphatic carbocycles. The lowest BCUT2D eigenvalue weighted by atomic mass is 10.3. The van der Waals surface area contributed by atoms with Gasteiger partial charge in [0, 0.05) is 13.0 Å². The van der Waals surface area contributed by atoms with Gasteiger partial charge >= 0.3 is 0 Å². The number of methoxy groups -OCH3 is 2. The highest BCUT2D eigenvalue weighted by Gasteiger charge is 2.20. The fourth-order valence-corrected chi connectivity index (χ4v) is 2.16. The molecule has 0 N–H and O–H groups in total. The van der Waals surface area contributed by atoms with Gasteiger partial charge in [-0.15, -0.1) is 0 Å². The van der Waals surface area contributed by atoms with Gasteiger partial charge in [0.15, 0.2) is 11.5 Å². The second kappa shape index (κ2) is 6.31. The molecular formula is C14H19NO4. The Kier molecular flexibility index (Phi) is 4.49. The second-order valence-corrected chi connectivity index (χ2v) is 4.32. The Hall–Kier alpha value is -1.91. The molecule has 1 aliphatic rings. The van der Waals surface area contributed by atoms with Gasteiger partial charge in [0.25, 0.3) is 0 Å². The van der Waals surface area contributed by atoms with Gasteiger partial charge in [-0.25, -0.2) is 0 Å². The first-order chi connectivity index (χ1) is 9.26. The number of carbonyl (C=O) groups excluding carboxylic acids is 1. The maximum atomic E-state index is 11.5. The van der Waals surface area contributed by atoms with Crippen molar-refractivity contribution < 1.29 is 19.0 Å². The van der Waals surface area contributed by atoms with E-state index in [4.69, 9.17) is 14.2 Å². The van der Waals surface area contributed by atoms with Crippen LogP contribution in [0.3, 0.4) is 0 Å². The van der Waals surface area contributed by atoms with E-state index in [1.807, 2.05) is 23.1 Å². The number of amides is 1. The molecule has 0 aromatic heterocycles. The number of carbonyl (C=O) groups is 1. The quantitative estimate of drug-likeness (QED) is 0.785. The van der Waals surface area contributed by atoms with E-state index in [0.717, 1.165) is 13.0 Å². The minimum absolute atomic E-state index is 0.204. The minimum atomic E-state index is 0.204. The summed E-state index contributed by atoms with van der Waals surface area (Å²) < 4.78 is 16.2. The summed E-state index contributed by atoms with van der Waals surface area (Å²) in [5.41, 5.74) is 0. The van der Waals surface area contributed by atoms with E-state index in [2.05, 4.69) is 0 Å². The highest BCUT2D eigenvalue weighted by molar-refractivity contribution is 5.78. The summed E-state index contributed by atoms with van der Waals surface area (Å²) >= 11 is 0. The first-order valence-corrected chi connectivity index (χ1v) is 6.38. The topological polar surface area (TPSA) is 48.0 Å². The Balaban J connectivity index is 1.96. The van der Waals surface area contributed by atoms with Crippen LogP contribution in [0.4, 0.5) is 0 Å². The zero-order chi connectivity index (χ0) is 13.7. The van der Waals surface area contributed by atoms with Crippen LogP contribution in [-0.2, 0) is 4.79 Å². The van der Waals surface area contributed by atoms with Crippen molar-refractivity contribution in [3.63, 3.8) is 0 Å². The lowest BCUT2D eigenvalue weighted by Crippen LogP contribution is -2.29. The van der Waals surface area contributed by atoms with E-state index in [1.54, 1.807) is 14.2 Å². The number of ether oxygens (including phenoxy) is 3. The summed E-state index contributed by atoms with van der Waals surface area (Å²) in [6, 6.07) is 5.48. The number of hydrogen-bond donors (Lipinski definition) is 0. The van der Waals surface area contributed by atoms with Crippen LogP contribution in [0, 0.1) is 0 Å². The molecule has 1 heterocycles. The molecule has 2 rings (SSSR count). The Morgan fingerprint density at radius 3 is 2.42 bits per heavy atom. The summed E-state index contributed by atoms with van der Waals surface area (Å²) in [4.78, 5) is 13.3. The predicted octanol–water partition coefficient (Wildman–Crippen LogP) is 1.70. The van der Waals surface area contributed by atoms with Crippen LogP contribution in [0.1, 0.15) is 12.8 Å². The van der Waals surface area contributed by atoms with E-state index in [0.29, 0.717) is 36.8 Å². The summed E-state index contributed by atoms with van der Waals surface area (Å²) in [5.74, 6) is 2.05. The Morgan fingerprint density at radius 1 is 1.21 bits per heavy atom. The molecule has 0 atom stereocenters. The number of nitrogens with zero attached hydrogens (tertiary/aromatic N) is 1. The monoisotopic (exact) mass is 265 g/mol. The number of para-hydroxylation sites is 1. The minimum Gasteiger partial charge on any atom is -0.493 e. The van der Waals surface area contributed by atoms with Crippen molar-refractivity contribution in [1.82, 2.24) is 4.90 Å². The van der Waals surface area contributed by atoms with Crippen LogP contribution >= 0.6 is 0 Å². The molecule has 19 heavy (non-hydrogen) atoms. The lowest BCUT2D eigenvalue weighted by Gasteiger charge is -2.18. The van der Waals surface area contributed by atoms with Crippen molar-refractivity contribution in [2.24, 2.45) is 0 Å². The fraction of sp³-hybridized carbons (Fsp3) is 0.500. The smallest absolute Gasteiger partial charge is 0.222 e. The van der Waals surface area contributed by atoms with Crippen molar-refractivity contribution in [2.45, 2.75) is 12.8 Å². The normalized spacial score (nSPS) is 14.6. The molecule has 0 unspecified atom stereocenters. The Morgan fingerprint density at radius 2 is 1.89 bits per heavy atom. The van der Waals surface area contributed by atoms with Crippen molar-refractivity contribution in [3.05, 3.63) is 18.2 Å². The molecule has 1 aliphatic heterocycles. The largest absolute Gasteiger partial charge is 0.493 e. The third-order valence-electron chi connectivity index (χ3n) is 3.16. The summed E-state index contributed by atoms with van der Waals surface area (Å²) in [6.07, 6.45) is 1.59. The number of benzene rings is 1. The average molecular weight is 265 g/mol. The van der Waals surface area contributed by atoms with E-state index in [9.17, 15) is 4.79 Å². The molecule has 104 valence electrons. The fourth-order valence-electron chi connectivity index (χ4n) is 2.16. The Bertz CT molecular complexity index is 425. The molecule has 1 aromatic carbocycles.